The van der Waals surface area contributed by atoms with Gasteiger partial charge in [0.25, 0.3) is 0 Å². The van der Waals surface area contributed by atoms with E-state index in [0.717, 1.165) is 18.4 Å². The van der Waals surface area contributed by atoms with Gasteiger partial charge >= 0.3 is 0 Å². The first-order chi connectivity index (χ1) is 9.10. The Morgan fingerprint density at radius 1 is 1.42 bits per heavy atom. The van der Waals surface area contributed by atoms with Crippen molar-refractivity contribution >= 4 is 5.91 Å². The van der Waals surface area contributed by atoms with E-state index < -0.39 is 0 Å². The molecule has 0 radical (unpaired) electrons. The molecule has 1 rings (SSSR count). The highest BCUT2D eigenvalue weighted by Gasteiger charge is 2.23. The number of terminal acetylenes is 1. The number of carbonyl (C=O) groups excluding carboxylic acids is 1. The first-order valence-corrected chi connectivity index (χ1v) is 6.67. The van der Waals surface area contributed by atoms with Crippen molar-refractivity contribution in [1.29, 1.82) is 0 Å². The van der Waals surface area contributed by atoms with Gasteiger partial charge in [0.05, 0.1) is 12.0 Å². The minimum atomic E-state index is -0.318. The third-order valence-corrected chi connectivity index (χ3v) is 3.23. The van der Waals surface area contributed by atoms with Crippen molar-refractivity contribution in [2.45, 2.75) is 38.8 Å². The van der Waals surface area contributed by atoms with Crippen LogP contribution in [0.15, 0.2) is 30.3 Å². The molecule has 0 saturated heterocycles. The molecule has 0 bridgehead atoms. The summed E-state index contributed by atoms with van der Waals surface area (Å²) in [5, 5.41) is 2.86. The Bertz CT molecular complexity index is 436. The van der Waals surface area contributed by atoms with E-state index in [9.17, 15) is 4.79 Å². The molecule has 1 amide bonds. The lowest BCUT2D eigenvalue weighted by atomic mass is 9.94. The Morgan fingerprint density at radius 3 is 2.58 bits per heavy atom. The number of hydrogen-bond donors (Lipinski definition) is 2. The molecule has 0 spiro atoms. The molecule has 0 aliphatic carbocycles. The lowest BCUT2D eigenvalue weighted by Gasteiger charge is -2.21. The second-order valence-corrected chi connectivity index (χ2v) is 4.74. The van der Waals surface area contributed by atoms with Crippen LogP contribution in [0.1, 0.15) is 38.3 Å². The van der Waals surface area contributed by atoms with Gasteiger partial charge in [0.2, 0.25) is 5.91 Å². The van der Waals surface area contributed by atoms with Gasteiger partial charge in [-0.25, -0.2) is 0 Å². The summed E-state index contributed by atoms with van der Waals surface area (Å²) in [6.45, 7) is 3.86. The zero-order valence-electron chi connectivity index (χ0n) is 11.6. The van der Waals surface area contributed by atoms with Gasteiger partial charge in [-0.2, -0.15) is 0 Å². The molecule has 3 heteroatoms. The monoisotopic (exact) mass is 258 g/mol. The van der Waals surface area contributed by atoms with Crippen molar-refractivity contribution in [2.24, 2.45) is 11.7 Å². The average molecular weight is 258 g/mol. The maximum Gasteiger partial charge on any atom is 0.225 e. The smallest absolute Gasteiger partial charge is 0.225 e. The van der Waals surface area contributed by atoms with Gasteiger partial charge in [-0.1, -0.05) is 56.5 Å². The second-order valence-electron chi connectivity index (χ2n) is 4.74. The number of benzene rings is 1. The summed E-state index contributed by atoms with van der Waals surface area (Å²) in [7, 11) is 0. The minimum Gasteiger partial charge on any atom is -0.342 e. The quantitative estimate of drug-likeness (QED) is 0.769. The van der Waals surface area contributed by atoms with Gasteiger partial charge in [0, 0.05) is 6.04 Å². The topological polar surface area (TPSA) is 55.1 Å². The zero-order chi connectivity index (χ0) is 14.3. The zero-order valence-corrected chi connectivity index (χ0v) is 11.6. The van der Waals surface area contributed by atoms with Crippen LogP contribution in [-0.2, 0) is 4.79 Å². The molecule has 0 aromatic heterocycles. The number of amides is 1. The Labute approximate surface area is 115 Å². The summed E-state index contributed by atoms with van der Waals surface area (Å²) < 4.78 is 0. The normalized spacial score (nSPS) is 15.1. The Balaban J connectivity index is 2.64. The molecule has 0 aliphatic rings. The van der Waals surface area contributed by atoms with Crippen molar-refractivity contribution in [3.05, 3.63) is 35.9 Å². The standard InChI is InChI=1S/C16H22N2O/c1-4-9-14(5-2)18-16(19)12(3)15(17)13-10-7-6-8-11-13/h2,6-8,10-12,14-15H,4,9,17H2,1,3H3,(H,18,19). The minimum absolute atomic E-state index is 0.0900. The van der Waals surface area contributed by atoms with Crippen molar-refractivity contribution in [2.75, 3.05) is 0 Å². The van der Waals surface area contributed by atoms with Crippen LogP contribution in [-0.4, -0.2) is 11.9 Å². The van der Waals surface area contributed by atoms with E-state index in [0.29, 0.717) is 0 Å². The van der Waals surface area contributed by atoms with Crippen LogP contribution in [0.2, 0.25) is 0 Å². The van der Waals surface area contributed by atoms with E-state index in [1.54, 1.807) is 0 Å². The van der Waals surface area contributed by atoms with Crippen LogP contribution in [0.25, 0.3) is 0 Å². The van der Waals surface area contributed by atoms with Crippen molar-refractivity contribution in [3.63, 3.8) is 0 Å². The molecule has 0 aliphatic heterocycles. The molecule has 0 saturated carbocycles. The van der Waals surface area contributed by atoms with Crippen molar-refractivity contribution < 1.29 is 4.79 Å². The summed E-state index contributed by atoms with van der Waals surface area (Å²) >= 11 is 0. The molecule has 3 nitrogen and oxygen atoms in total. The fraction of sp³-hybridized carbons (Fsp3) is 0.438. The summed E-state index contributed by atoms with van der Waals surface area (Å²) in [5.41, 5.74) is 7.07. The molecule has 0 fully saturated rings. The third kappa shape index (κ3) is 4.42. The Morgan fingerprint density at radius 2 is 2.05 bits per heavy atom. The highest BCUT2D eigenvalue weighted by molar-refractivity contribution is 5.79. The first-order valence-electron chi connectivity index (χ1n) is 6.67. The molecule has 1 aromatic carbocycles. The molecule has 3 N–H and O–H groups in total. The fourth-order valence-electron chi connectivity index (χ4n) is 1.92. The predicted octanol–water partition coefficient (Wildman–Crippen LogP) is 2.24. The molecule has 1 aromatic rings. The average Bonchev–Trinajstić information content (AvgIpc) is 2.45. The van der Waals surface area contributed by atoms with E-state index >= 15 is 0 Å². The van der Waals surface area contributed by atoms with E-state index in [1.165, 1.54) is 0 Å². The maximum absolute atomic E-state index is 12.1. The Kier molecular flexibility index (Phi) is 6.11. The molecule has 0 heterocycles. The van der Waals surface area contributed by atoms with E-state index in [4.69, 9.17) is 12.2 Å². The number of nitrogens with one attached hydrogen (secondary N) is 1. The molecule has 19 heavy (non-hydrogen) atoms. The van der Waals surface area contributed by atoms with Crippen molar-refractivity contribution in [3.8, 4) is 12.3 Å². The summed E-state index contributed by atoms with van der Waals surface area (Å²) in [5.74, 6) is 2.19. The summed E-state index contributed by atoms with van der Waals surface area (Å²) in [6, 6.07) is 9.10. The SMILES string of the molecule is C#CC(CCC)NC(=O)C(C)C(N)c1ccccc1. The van der Waals surface area contributed by atoms with Gasteiger partial charge in [-0.05, 0) is 12.0 Å². The van der Waals surface area contributed by atoms with Crippen LogP contribution >= 0.6 is 0 Å². The summed E-state index contributed by atoms with van der Waals surface area (Å²) in [4.78, 5) is 12.1. The molecule has 102 valence electrons. The van der Waals surface area contributed by atoms with Crippen LogP contribution in [0.5, 0.6) is 0 Å². The van der Waals surface area contributed by atoms with Gasteiger partial charge in [0.15, 0.2) is 0 Å². The predicted molar refractivity (Wildman–Crippen MR) is 78.2 cm³/mol. The lowest BCUT2D eigenvalue weighted by Crippen LogP contribution is -2.40. The molecular weight excluding hydrogens is 236 g/mol. The van der Waals surface area contributed by atoms with Crippen molar-refractivity contribution in [1.82, 2.24) is 5.32 Å². The Hall–Kier alpha value is -1.79. The number of carbonyl (C=O) groups is 1. The van der Waals surface area contributed by atoms with Crippen LogP contribution < -0.4 is 11.1 Å². The number of rotatable bonds is 6. The largest absolute Gasteiger partial charge is 0.342 e. The third-order valence-electron chi connectivity index (χ3n) is 3.23. The van der Waals surface area contributed by atoms with E-state index in [2.05, 4.69) is 11.2 Å². The van der Waals surface area contributed by atoms with Gasteiger partial charge in [0.1, 0.15) is 0 Å². The van der Waals surface area contributed by atoms with Gasteiger partial charge < -0.3 is 11.1 Å². The van der Waals surface area contributed by atoms with Crippen LogP contribution in [0.3, 0.4) is 0 Å². The van der Waals surface area contributed by atoms with Gasteiger partial charge in [-0.15, -0.1) is 6.42 Å². The lowest BCUT2D eigenvalue weighted by molar-refractivity contribution is -0.125. The number of hydrogen-bond acceptors (Lipinski definition) is 2. The maximum atomic E-state index is 12.1. The second kappa shape index (κ2) is 7.60. The molecular formula is C16H22N2O. The summed E-state index contributed by atoms with van der Waals surface area (Å²) in [6.07, 6.45) is 7.12. The van der Waals surface area contributed by atoms with Crippen LogP contribution in [0, 0.1) is 18.3 Å². The molecule has 3 atom stereocenters. The van der Waals surface area contributed by atoms with Crippen LogP contribution in [0.4, 0.5) is 0 Å². The molecule has 3 unspecified atom stereocenters. The number of nitrogens with two attached hydrogens (primary N) is 1. The highest BCUT2D eigenvalue weighted by Crippen LogP contribution is 2.19. The first kappa shape index (κ1) is 15.3. The van der Waals surface area contributed by atoms with E-state index in [1.807, 2.05) is 44.2 Å². The highest BCUT2D eigenvalue weighted by atomic mass is 16.1. The van der Waals surface area contributed by atoms with E-state index in [-0.39, 0.29) is 23.9 Å². The fourth-order valence-corrected chi connectivity index (χ4v) is 1.92. The van der Waals surface area contributed by atoms with Gasteiger partial charge in [-0.3, -0.25) is 4.79 Å².